The van der Waals surface area contributed by atoms with Gasteiger partial charge in [0.1, 0.15) is 17.5 Å². The molecule has 0 amide bonds. The zero-order valence-electron chi connectivity index (χ0n) is 38.8. The van der Waals surface area contributed by atoms with Crippen molar-refractivity contribution >= 4 is 77.5 Å². The van der Waals surface area contributed by atoms with Gasteiger partial charge < -0.3 is 36.0 Å². The summed E-state index contributed by atoms with van der Waals surface area (Å²) in [6.45, 7) is 15.8. The number of piperazine rings is 2. The van der Waals surface area contributed by atoms with Gasteiger partial charge in [-0.1, -0.05) is 12.1 Å². The number of sulfonamides is 1. The number of hydrogen-bond acceptors (Lipinski definition) is 16. The fourth-order valence-corrected chi connectivity index (χ4v) is 11.0. The van der Waals surface area contributed by atoms with Crippen LogP contribution in [0.3, 0.4) is 0 Å². The Morgan fingerprint density at radius 1 is 0.567 bits per heavy atom. The molecule has 2 aliphatic rings. The smallest absolute Gasteiger partial charge is 0.240 e. The predicted molar refractivity (Wildman–Crippen MR) is 268 cm³/mol. The summed E-state index contributed by atoms with van der Waals surface area (Å²) in [5.74, 6) is 1.85. The summed E-state index contributed by atoms with van der Waals surface area (Å²) in [7, 11) is -5.18. The van der Waals surface area contributed by atoms with Gasteiger partial charge >= 0.3 is 0 Å². The van der Waals surface area contributed by atoms with Gasteiger partial charge in [-0.3, -0.25) is 4.90 Å². The van der Waals surface area contributed by atoms with Gasteiger partial charge in [0.2, 0.25) is 21.9 Å². The van der Waals surface area contributed by atoms with Crippen molar-refractivity contribution in [2.24, 2.45) is 0 Å². The number of sulfone groups is 1. The molecule has 2 aromatic heterocycles. The van der Waals surface area contributed by atoms with Gasteiger partial charge in [0.05, 0.1) is 9.79 Å². The Balaban J connectivity index is 0.844. The number of nitrogens with zero attached hydrogens (tertiary/aromatic N) is 8. The van der Waals surface area contributed by atoms with Gasteiger partial charge in [0.25, 0.3) is 0 Å². The third-order valence-corrected chi connectivity index (χ3v) is 15.2. The highest BCUT2D eigenvalue weighted by molar-refractivity contribution is 7.91. The second kappa shape index (κ2) is 20.2. The summed E-state index contributed by atoms with van der Waals surface area (Å²) in [5.41, 5.74) is 7.37. The van der Waals surface area contributed by atoms with Crippen molar-refractivity contribution in [3.63, 3.8) is 0 Å². The molecule has 0 saturated carbocycles. The summed E-state index contributed by atoms with van der Waals surface area (Å²) in [5, 5.41) is 13.1. The second-order valence-electron chi connectivity index (χ2n) is 17.5. The van der Waals surface area contributed by atoms with Gasteiger partial charge in [-0.25, -0.2) is 31.5 Å². The number of nitrogens with one attached hydrogen (secondary N) is 5. The zero-order chi connectivity index (χ0) is 47.3. The maximum absolute atomic E-state index is 14.0. The minimum Gasteiger partial charge on any atom is -0.369 e. The number of aromatic nitrogens is 4. The Labute approximate surface area is 394 Å². The van der Waals surface area contributed by atoms with Crippen molar-refractivity contribution < 1.29 is 16.8 Å². The van der Waals surface area contributed by atoms with Crippen LogP contribution in [0.1, 0.15) is 30.5 Å². The van der Waals surface area contributed by atoms with Gasteiger partial charge in [0.15, 0.2) is 9.84 Å². The fourth-order valence-electron chi connectivity index (χ4n) is 7.94. The molecule has 0 aliphatic carbocycles. The lowest BCUT2D eigenvalue weighted by Gasteiger charge is -2.36. The number of benzene rings is 4. The van der Waals surface area contributed by atoms with E-state index in [1.165, 1.54) is 5.69 Å². The molecular weight excluding hydrogens is 887 g/mol. The molecule has 352 valence electrons. The number of anilines is 10. The monoisotopic (exact) mass is 945 g/mol. The van der Waals surface area contributed by atoms with Crippen molar-refractivity contribution in [2.45, 2.75) is 50.5 Å². The maximum atomic E-state index is 14.0. The summed E-state index contributed by atoms with van der Waals surface area (Å²) in [6, 6.07) is 28.0. The van der Waals surface area contributed by atoms with Crippen LogP contribution < -0.4 is 35.8 Å². The Hall–Kier alpha value is -6.38. The number of likely N-dealkylation sites (N-methyl/N-ethyl adjacent to an activating group) is 1. The average molecular weight is 946 g/mol. The SMILES string of the molecule is Cc1ccc(Nc2nc(Nc3ccc(N4CCN(C)CC4)cc3)ncc2C)cc1S(=O)(=O)CN1CCN(c2ccc(Nc3ncc(C)c(Nc4cccc(S(=O)(=O)NC(C)C)c4)n3)cc2)CC1. The molecular formula is C48H59N13O4S2. The first-order valence-corrected chi connectivity index (χ1v) is 25.5. The molecule has 0 radical (unpaired) electrons. The zero-order valence-corrected chi connectivity index (χ0v) is 40.4. The van der Waals surface area contributed by atoms with E-state index in [0.29, 0.717) is 66.6 Å². The summed E-state index contributed by atoms with van der Waals surface area (Å²) in [6.07, 6.45) is 3.45. The largest absolute Gasteiger partial charge is 0.369 e. The van der Waals surface area contributed by atoms with Crippen LogP contribution in [0.25, 0.3) is 0 Å². The first-order chi connectivity index (χ1) is 32.1. The van der Waals surface area contributed by atoms with Crippen LogP contribution in [0.2, 0.25) is 0 Å². The van der Waals surface area contributed by atoms with Crippen LogP contribution in [-0.2, 0) is 19.9 Å². The van der Waals surface area contributed by atoms with Gasteiger partial charge in [-0.2, -0.15) is 9.97 Å². The molecule has 67 heavy (non-hydrogen) atoms. The first kappa shape index (κ1) is 47.1. The standard InChI is InChI=1S/C48H59N13O4S2/c1-33(2)57-67(64,65)43-9-7-8-39(28-43)51-45-35(4)30-49-47(55-45)53-38-14-18-42(19-15-38)61-26-22-59(23-27-61)32-66(62,63)44-29-40(11-10-34(44)3)52-46-36(5)31-50-48(56-46)54-37-12-16-41(17-13-37)60-24-20-58(6)21-25-60/h7-19,28-31,33,57H,20-27,32H2,1-6H3,(H2,49,51,53,55)(H2,50,52,54,56). The van der Waals surface area contributed by atoms with Crippen LogP contribution >= 0.6 is 0 Å². The lowest BCUT2D eigenvalue weighted by molar-refractivity contribution is 0.294. The van der Waals surface area contributed by atoms with E-state index in [9.17, 15) is 16.8 Å². The molecule has 2 saturated heterocycles. The molecule has 2 aliphatic heterocycles. The van der Waals surface area contributed by atoms with Crippen LogP contribution in [0, 0.1) is 20.8 Å². The summed E-state index contributed by atoms with van der Waals surface area (Å²) >= 11 is 0. The highest BCUT2D eigenvalue weighted by atomic mass is 32.2. The van der Waals surface area contributed by atoms with E-state index in [-0.39, 0.29) is 21.7 Å². The molecule has 0 atom stereocenters. The van der Waals surface area contributed by atoms with Crippen LogP contribution in [0.15, 0.2) is 113 Å². The lowest BCUT2D eigenvalue weighted by atomic mass is 10.2. The van der Waals surface area contributed by atoms with Gasteiger partial charge in [-0.15, -0.1) is 0 Å². The Bertz CT molecular complexity index is 2900. The first-order valence-electron chi connectivity index (χ1n) is 22.4. The molecule has 2 fully saturated rings. The minimum atomic E-state index is -3.67. The molecule has 4 heterocycles. The molecule has 17 nitrogen and oxygen atoms in total. The van der Waals surface area contributed by atoms with E-state index in [1.807, 2.05) is 74.2 Å². The summed E-state index contributed by atoms with van der Waals surface area (Å²) in [4.78, 5) is 27.8. The normalized spacial score (nSPS) is 15.1. The molecule has 5 N–H and O–H groups in total. The van der Waals surface area contributed by atoms with Crippen molar-refractivity contribution in [3.05, 3.63) is 120 Å². The third-order valence-electron chi connectivity index (χ3n) is 11.7. The van der Waals surface area contributed by atoms with E-state index >= 15 is 0 Å². The average Bonchev–Trinajstić information content (AvgIpc) is 3.30. The number of aryl methyl sites for hydroxylation is 3. The molecule has 8 rings (SSSR count). The highest BCUT2D eigenvalue weighted by Crippen LogP contribution is 2.29. The maximum Gasteiger partial charge on any atom is 0.240 e. The minimum absolute atomic E-state index is 0.0878. The van der Waals surface area contributed by atoms with Gasteiger partial charge in [-0.05, 0) is 126 Å². The lowest BCUT2D eigenvalue weighted by Crippen LogP contribution is -2.48. The van der Waals surface area contributed by atoms with Crippen LogP contribution in [0.4, 0.5) is 57.7 Å². The van der Waals surface area contributed by atoms with Crippen molar-refractivity contribution in [1.82, 2.24) is 34.5 Å². The van der Waals surface area contributed by atoms with E-state index in [0.717, 1.165) is 54.4 Å². The molecule has 4 aromatic carbocycles. The van der Waals surface area contributed by atoms with Crippen molar-refractivity contribution in [3.8, 4) is 0 Å². The van der Waals surface area contributed by atoms with Crippen LogP contribution in [0.5, 0.6) is 0 Å². The van der Waals surface area contributed by atoms with E-state index < -0.39 is 19.9 Å². The number of hydrogen-bond donors (Lipinski definition) is 5. The Morgan fingerprint density at radius 2 is 1.06 bits per heavy atom. The van der Waals surface area contributed by atoms with E-state index in [4.69, 9.17) is 4.98 Å². The molecule has 6 aromatic rings. The Morgan fingerprint density at radius 3 is 1.58 bits per heavy atom. The highest BCUT2D eigenvalue weighted by Gasteiger charge is 2.26. The van der Waals surface area contributed by atoms with Crippen LogP contribution in [-0.4, -0.2) is 118 Å². The fraction of sp³-hybridized carbons (Fsp3) is 0.333. The summed E-state index contributed by atoms with van der Waals surface area (Å²) < 4.78 is 56.0. The third kappa shape index (κ3) is 12.0. The van der Waals surface area contributed by atoms with E-state index in [2.05, 4.69) is 74.8 Å². The molecule has 0 spiro atoms. The predicted octanol–water partition coefficient (Wildman–Crippen LogP) is 7.16. The van der Waals surface area contributed by atoms with E-state index in [1.54, 1.807) is 56.6 Å². The quantitative estimate of drug-likeness (QED) is 0.0656. The van der Waals surface area contributed by atoms with Crippen molar-refractivity contribution in [2.75, 3.05) is 96.3 Å². The Kier molecular flexibility index (Phi) is 14.2. The van der Waals surface area contributed by atoms with Crippen molar-refractivity contribution in [1.29, 1.82) is 0 Å². The topological polar surface area (TPSA) is 193 Å². The van der Waals surface area contributed by atoms with Gasteiger partial charge in [0, 0.05) is 116 Å². The molecule has 19 heteroatoms. The molecule has 0 unspecified atom stereocenters. The second-order valence-corrected chi connectivity index (χ2v) is 21.1. The number of rotatable bonds is 16. The molecule has 0 bridgehead atoms.